The fourth-order valence-electron chi connectivity index (χ4n) is 11.1. The van der Waals surface area contributed by atoms with Gasteiger partial charge in [0, 0.05) is 6.42 Å². The van der Waals surface area contributed by atoms with Crippen molar-refractivity contribution in [2.75, 3.05) is 26.4 Å². The second-order valence-electron chi connectivity index (χ2n) is 24.3. The number of aliphatic hydroxyl groups excluding tert-OH is 11. The largest absolute Gasteiger partial charge is 0.394 e. The second-order valence-corrected chi connectivity index (χ2v) is 24.3. The van der Waals surface area contributed by atoms with Crippen molar-refractivity contribution in [3.05, 3.63) is 97.2 Å². The molecule has 0 radical (unpaired) electrons. The number of allylic oxidation sites excluding steroid dienone is 16. The minimum atomic E-state index is -1.97. The van der Waals surface area contributed by atoms with Gasteiger partial charge in [0.25, 0.3) is 0 Å². The lowest BCUT2D eigenvalue weighted by Crippen LogP contribution is -2.66. The summed E-state index contributed by atoms with van der Waals surface area (Å²) in [5, 5.41) is 120. The molecule has 17 atom stereocenters. The van der Waals surface area contributed by atoms with E-state index in [4.69, 9.17) is 28.4 Å². The van der Waals surface area contributed by atoms with E-state index in [2.05, 4.69) is 116 Å². The molecule has 3 rings (SSSR count). The Morgan fingerprint density at radius 3 is 1.19 bits per heavy atom. The Hall–Kier alpha value is -3.29. The monoisotopic (exact) mass is 1280 g/mol. The van der Waals surface area contributed by atoms with Crippen LogP contribution in [0.4, 0.5) is 0 Å². The fourth-order valence-corrected chi connectivity index (χ4v) is 11.1. The van der Waals surface area contributed by atoms with Gasteiger partial charge >= 0.3 is 0 Å². The van der Waals surface area contributed by atoms with Crippen molar-refractivity contribution < 1.29 is 89.4 Å². The molecule has 0 saturated carbocycles. The third-order valence-electron chi connectivity index (χ3n) is 16.7. The van der Waals surface area contributed by atoms with Crippen molar-refractivity contribution in [3.8, 4) is 0 Å². The van der Waals surface area contributed by atoms with E-state index in [9.17, 15) is 61.0 Å². The minimum absolute atomic E-state index is 0.255. The van der Waals surface area contributed by atoms with Crippen molar-refractivity contribution in [1.82, 2.24) is 5.32 Å². The van der Waals surface area contributed by atoms with E-state index in [0.29, 0.717) is 19.3 Å². The molecule has 3 aliphatic heterocycles. The van der Waals surface area contributed by atoms with Crippen molar-refractivity contribution in [3.63, 3.8) is 0 Å². The lowest BCUT2D eigenvalue weighted by molar-refractivity contribution is -0.379. The van der Waals surface area contributed by atoms with Crippen LogP contribution in [0.5, 0.6) is 0 Å². The number of nitrogens with one attached hydrogen (secondary N) is 1. The molecule has 3 aliphatic rings. The normalized spacial score (nSPS) is 28.7. The number of carbonyl (C=O) groups excluding carboxylic acids is 1. The SMILES string of the molecule is CC/C=C\C/C=C\C/C=C\C/C=C\C/C=C\C/C=C\C/C=C\C/C=C\CCCCCCCCCCCCCCCCCCC(=O)NC(COC1OC(CO)C(OC2OC(CO)C(OC3OC(CO)C(O)C(O)C3O)C(O)C2O)C(O)C1O)C(O)CCCCCC. The topological polar surface area (TPSA) is 307 Å². The number of aliphatic hydroxyl groups is 11. The molecule has 0 bridgehead atoms. The Balaban J connectivity index is 1.21. The molecule has 518 valence electrons. The molecule has 3 heterocycles. The van der Waals surface area contributed by atoms with Gasteiger partial charge in [-0.3, -0.25) is 4.79 Å². The van der Waals surface area contributed by atoms with Crippen LogP contribution in [0.1, 0.15) is 213 Å². The van der Waals surface area contributed by atoms with Gasteiger partial charge in [-0.1, -0.05) is 227 Å². The molecule has 0 aliphatic carbocycles. The number of carbonyl (C=O) groups is 1. The highest BCUT2D eigenvalue weighted by Crippen LogP contribution is 2.33. The maximum Gasteiger partial charge on any atom is 0.220 e. The van der Waals surface area contributed by atoms with Crippen molar-refractivity contribution >= 4 is 5.91 Å². The predicted molar refractivity (Wildman–Crippen MR) is 351 cm³/mol. The zero-order valence-electron chi connectivity index (χ0n) is 54.6. The average molecular weight is 1280 g/mol. The van der Waals surface area contributed by atoms with Crippen LogP contribution >= 0.6 is 0 Å². The van der Waals surface area contributed by atoms with Crippen LogP contribution in [0.25, 0.3) is 0 Å². The van der Waals surface area contributed by atoms with Gasteiger partial charge in [0.2, 0.25) is 5.91 Å². The zero-order chi connectivity index (χ0) is 65.4. The summed E-state index contributed by atoms with van der Waals surface area (Å²) in [5.74, 6) is -0.255. The van der Waals surface area contributed by atoms with Crippen LogP contribution < -0.4 is 5.32 Å². The lowest BCUT2D eigenvalue weighted by Gasteiger charge is -2.48. The van der Waals surface area contributed by atoms with Crippen molar-refractivity contribution in [1.29, 1.82) is 0 Å². The lowest BCUT2D eigenvalue weighted by atomic mass is 9.96. The molecule has 0 aromatic rings. The standard InChI is InChI=1S/C71H121NO18/c1-3-5-7-9-10-11-12-13-14-15-16-17-18-19-20-21-22-23-24-25-26-27-28-29-30-31-32-33-34-35-36-37-38-39-40-41-42-43-44-45-47-49-59(77)72-54(55(76)48-46-8-6-4-2)53-85-69-65(83)62(80)67(57(51-74)87-69)90-71-66(84)63(81)68(58(52-75)88-71)89-70-64(82)61(79)60(78)56(50-73)86-70/h5,7,10-11,13-14,16-17,19-20,22-23,25-26,28-29,54-58,60-71,73-76,78-84H,3-4,6,8-9,12,15,18,21,24,27,30-53H2,1-2H3,(H,72,77)/b7-5-,11-10-,14-13-,17-16-,20-19-,23-22-,26-25-,29-28-. The first-order valence-corrected chi connectivity index (χ1v) is 34.5. The number of unbranched alkanes of at least 4 members (excludes halogenated alkanes) is 19. The van der Waals surface area contributed by atoms with Gasteiger partial charge in [-0.2, -0.15) is 0 Å². The number of ether oxygens (including phenoxy) is 6. The Morgan fingerprint density at radius 1 is 0.411 bits per heavy atom. The van der Waals surface area contributed by atoms with E-state index in [1.54, 1.807) is 0 Å². The van der Waals surface area contributed by atoms with E-state index in [0.717, 1.165) is 89.9 Å². The Kier molecular flexibility index (Phi) is 46.8. The Morgan fingerprint density at radius 2 is 0.767 bits per heavy atom. The molecule has 17 unspecified atom stereocenters. The third-order valence-corrected chi connectivity index (χ3v) is 16.7. The smallest absolute Gasteiger partial charge is 0.220 e. The first kappa shape index (κ1) is 80.9. The third kappa shape index (κ3) is 33.7. The summed E-state index contributed by atoms with van der Waals surface area (Å²) in [6.07, 6.45) is 42.0. The molecular formula is C71H121NO18. The van der Waals surface area contributed by atoms with Gasteiger partial charge in [0.1, 0.15) is 73.2 Å². The maximum absolute atomic E-state index is 13.2. The van der Waals surface area contributed by atoms with Crippen LogP contribution in [0.3, 0.4) is 0 Å². The van der Waals surface area contributed by atoms with E-state index in [1.807, 2.05) is 0 Å². The van der Waals surface area contributed by atoms with Gasteiger partial charge in [-0.05, 0) is 77.0 Å². The summed E-state index contributed by atoms with van der Waals surface area (Å²) in [6, 6.07) is -0.886. The summed E-state index contributed by atoms with van der Waals surface area (Å²) in [5.41, 5.74) is 0. The van der Waals surface area contributed by atoms with E-state index < -0.39 is 124 Å². The van der Waals surface area contributed by atoms with Crippen LogP contribution in [0, 0.1) is 0 Å². The van der Waals surface area contributed by atoms with E-state index in [-0.39, 0.29) is 18.9 Å². The van der Waals surface area contributed by atoms with Gasteiger partial charge in [0.05, 0.1) is 38.6 Å². The van der Waals surface area contributed by atoms with Gasteiger partial charge in [-0.15, -0.1) is 0 Å². The average Bonchev–Trinajstić information content (AvgIpc) is 1.63. The molecule has 3 saturated heterocycles. The van der Waals surface area contributed by atoms with Crippen LogP contribution in [-0.4, -0.2) is 193 Å². The van der Waals surface area contributed by atoms with Gasteiger partial charge in [0.15, 0.2) is 18.9 Å². The minimum Gasteiger partial charge on any atom is -0.394 e. The van der Waals surface area contributed by atoms with Crippen LogP contribution in [0.15, 0.2) is 97.2 Å². The first-order chi connectivity index (χ1) is 43.8. The van der Waals surface area contributed by atoms with Gasteiger partial charge < -0.3 is 89.9 Å². The van der Waals surface area contributed by atoms with Crippen LogP contribution in [0.2, 0.25) is 0 Å². The number of amides is 1. The quantitative estimate of drug-likeness (QED) is 0.0200. The fraction of sp³-hybridized carbons (Fsp3) is 0.761. The van der Waals surface area contributed by atoms with E-state index in [1.165, 1.54) is 83.5 Å². The molecule has 19 nitrogen and oxygen atoms in total. The summed E-state index contributed by atoms with van der Waals surface area (Å²) < 4.78 is 34.1. The van der Waals surface area contributed by atoms with E-state index >= 15 is 0 Å². The molecule has 0 aromatic carbocycles. The molecular weight excluding hydrogens is 1150 g/mol. The molecule has 12 N–H and O–H groups in total. The molecule has 1 amide bonds. The molecule has 3 fully saturated rings. The van der Waals surface area contributed by atoms with Crippen molar-refractivity contribution in [2.24, 2.45) is 0 Å². The maximum atomic E-state index is 13.2. The van der Waals surface area contributed by atoms with Crippen LogP contribution in [-0.2, 0) is 33.2 Å². The number of hydrogen-bond acceptors (Lipinski definition) is 18. The number of rotatable bonds is 51. The molecule has 90 heavy (non-hydrogen) atoms. The molecule has 0 spiro atoms. The predicted octanol–water partition coefficient (Wildman–Crippen LogP) is 8.88. The summed E-state index contributed by atoms with van der Waals surface area (Å²) >= 11 is 0. The summed E-state index contributed by atoms with van der Waals surface area (Å²) in [6.45, 7) is 1.52. The molecule has 0 aromatic heterocycles. The zero-order valence-corrected chi connectivity index (χ0v) is 54.6. The highest BCUT2D eigenvalue weighted by Gasteiger charge is 2.53. The number of hydrogen-bond donors (Lipinski definition) is 12. The Labute approximate surface area is 539 Å². The molecule has 19 heteroatoms. The summed E-state index contributed by atoms with van der Waals surface area (Å²) in [4.78, 5) is 13.2. The van der Waals surface area contributed by atoms with Gasteiger partial charge in [-0.25, -0.2) is 0 Å². The van der Waals surface area contributed by atoms with Crippen molar-refractivity contribution in [2.45, 2.75) is 317 Å². The Bertz CT molecular complexity index is 2010. The first-order valence-electron chi connectivity index (χ1n) is 34.5. The second kappa shape index (κ2) is 52.0. The highest BCUT2D eigenvalue weighted by atomic mass is 16.8. The summed E-state index contributed by atoms with van der Waals surface area (Å²) in [7, 11) is 0. The highest BCUT2D eigenvalue weighted by molar-refractivity contribution is 5.76.